The molecule has 2 rings (SSSR count). The second-order valence-corrected chi connectivity index (χ2v) is 6.64. The summed E-state index contributed by atoms with van der Waals surface area (Å²) in [7, 11) is 0. The Morgan fingerprint density at radius 1 is 1.73 bits per heavy atom. The Morgan fingerprint density at radius 2 is 2.53 bits per heavy atom. The van der Waals surface area contributed by atoms with Gasteiger partial charge in [0, 0.05) is 17.0 Å². The second-order valence-electron chi connectivity index (χ2n) is 4.12. The molecule has 2 nitrogen and oxygen atoms in total. The molecular formula is C11H16BrNOS. The summed E-state index contributed by atoms with van der Waals surface area (Å²) in [5.74, 6) is 0. The summed E-state index contributed by atoms with van der Waals surface area (Å²) in [6.45, 7) is 2.23. The van der Waals surface area contributed by atoms with Crippen molar-refractivity contribution >= 4 is 27.3 Å². The average molecular weight is 290 g/mol. The maximum absolute atomic E-state index is 9.05. The Labute approximate surface area is 103 Å². The molecule has 1 heterocycles. The quantitative estimate of drug-likeness (QED) is 0.897. The SMILES string of the molecule is CC(CO)NC1CCCc2sc(Br)cc21. The van der Waals surface area contributed by atoms with Crippen molar-refractivity contribution < 1.29 is 5.11 Å². The van der Waals surface area contributed by atoms with Crippen molar-refractivity contribution in [2.45, 2.75) is 38.3 Å². The van der Waals surface area contributed by atoms with Crippen LogP contribution < -0.4 is 5.32 Å². The average Bonchev–Trinajstić information content (AvgIpc) is 2.59. The standard InChI is InChI=1S/C11H16BrNOS/c1-7(6-14)13-9-3-2-4-10-8(9)5-11(12)15-10/h5,7,9,13-14H,2-4,6H2,1H3. The Kier molecular flexibility index (Phi) is 3.83. The van der Waals surface area contributed by atoms with Gasteiger partial charge < -0.3 is 10.4 Å². The van der Waals surface area contributed by atoms with Crippen molar-refractivity contribution in [3.8, 4) is 0 Å². The lowest BCUT2D eigenvalue weighted by Gasteiger charge is -2.26. The molecule has 0 aromatic carbocycles. The third-order valence-corrected chi connectivity index (χ3v) is 4.56. The molecule has 0 saturated heterocycles. The van der Waals surface area contributed by atoms with Crippen LogP contribution in [0.3, 0.4) is 0 Å². The molecule has 2 atom stereocenters. The van der Waals surface area contributed by atoms with E-state index in [1.165, 1.54) is 33.5 Å². The number of fused-ring (bicyclic) bond motifs is 1. The summed E-state index contributed by atoms with van der Waals surface area (Å²) in [5.41, 5.74) is 1.43. The molecule has 1 aromatic heterocycles. The maximum Gasteiger partial charge on any atom is 0.0704 e. The zero-order valence-corrected chi connectivity index (χ0v) is 11.2. The van der Waals surface area contributed by atoms with Gasteiger partial charge >= 0.3 is 0 Å². The second kappa shape index (κ2) is 4.95. The van der Waals surface area contributed by atoms with Crippen LogP contribution in [0.4, 0.5) is 0 Å². The van der Waals surface area contributed by atoms with Crippen LogP contribution >= 0.6 is 27.3 Å². The summed E-state index contributed by atoms with van der Waals surface area (Å²) in [4.78, 5) is 1.50. The fourth-order valence-corrected chi connectivity index (χ4v) is 3.91. The predicted octanol–water partition coefficient (Wildman–Crippen LogP) is 2.86. The summed E-state index contributed by atoms with van der Waals surface area (Å²) in [5, 5.41) is 12.5. The first-order valence-electron chi connectivity index (χ1n) is 5.35. The van der Waals surface area contributed by atoms with Crippen molar-refractivity contribution in [3.63, 3.8) is 0 Å². The van der Waals surface area contributed by atoms with Crippen molar-refractivity contribution in [1.82, 2.24) is 5.32 Å². The van der Waals surface area contributed by atoms with E-state index in [9.17, 15) is 0 Å². The number of halogens is 1. The van der Waals surface area contributed by atoms with Gasteiger partial charge in [-0.2, -0.15) is 0 Å². The van der Waals surface area contributed by atoms with E-state index in [4.69, 9.17) is 5.11 Å². The predicted molar refractivity (Wildman–Crippen MR) is 67.4 cm³/mol. The van der Waals surface area contributed by atoms with Crippen molar-refractivity contribution in [3.05, 3.63) is 20.3 Å². The molecule has 0 fully saturated rings. The van der Waals surface area contributed by atoms with Gasteiger partial charge in [-0.05, 0) is 53.7 Å². The van der Waals surface area contributed by atoms with Gasteiger partial charge in [-0.25, -0.2) is 0 Å². The monoisotopic (exact) mass is 289 g/mol. The van der Waals surface area contributed by atoms with E-state index in [1.54, 1.807) is 0 Å². The fourth-order valence-electron chi connectivity index (χ4n) is 2.09. The van der Waals surface area contributed by atoms with Gasteiger partial charge in [0.1, 0.15) is 0 Å². The van der Waals surface area contributed by atoms with E-state index < -0.39 is 0 Å². The minimum absolute atomic E-state index is 0.180. The number of aliphatic hydroxyl groups excluding tert-OH is 1. The Morgan fingerprint density at radius 3 is 3.27 bits per heavy atom. The highest BCUT2D eigenvalue weighted by Gasteiger charge is 2.23. The van der Waals surface area contributed by atoms with Crippen LogP contribution in [0.15, 0.2) is 9.85 Å². The molecule has 2 N–H and O–H groups in total. The molecule has 15 heavy (non-hydrogen) atoms. The topological polar surface area (TPSA) is 32.3 Å². The third kappa shape index (κ3) is 2.61. The van der Waals surface area contributed by atoms with E-state index in [0.29, 0.717) is 6.04 Å². The maximum atomic E-state index is 9.05. The molecule has 1 aliphatic carbocycles. The number of hydrogen-bond acceptors (Lipinski definition) is 3. The zero-order valence-electron chi connectivity index (χ0n) is 8.79. The van der Waals surface area contributed by atoms with Crippen LogP contribution in [-0.2, 0) is 6.42 Å². The van der Waals surface area contributed by atoms with Gasteiger partial charge in [-0.15, -0.1) is 11.3 Å². The molecule has 84 valence electrons. The van der Waals surface area contributed by atoms with Crippen LogP contribution in [0, 0.1) is 0 Å². The van der Waals surface area contributed by atoms with E-state index in [-0.39, 0.29) is 12.6 Å². The summed E-state index contributed by atoms with van der Waals surface area (Å²) in [6.07, 6.45) is 3.63. The molecule has 1 aliphatic rings. The van der Waals surface area contributed by atoms with Gasteiger partial charge in [-0.1, -0.05) is 0 Å². The molecule has 0 spiro atoms. The van der Waals surface area contributed by atoms with Gasteiger partial charge in [0.2, 0.25) is 0 Å². The normalized spacial score (nSPS) is 22.5. The number of hydrogen-bond donors (Lipinski definition) is 2. The highest BCUT2D eigenvalue weighted by atomic mass is 79.9. The van der Waals surface area contributed by atoms with Crippen molar-refractivity contribution in [2.24, 2.45) is 0 Å². The minimum Gasteiger partial charge on any atom is -0.395 e. The summed E-state index contributed by atoms with van der Waals surface area (Å²) in [6, 6.07) is 2.83. The molecular weight excluding hydrogens is 274 g/mol. The molecule has 0 saturated carbocycles. The Bertz CT molecular complexity index is 339. The molecule has 2 unspecified atom stereocenters. The molecule has 0 aliphatic heterocycles. The molecule has 4 heteroatoms. The number of aryl methyl sites for hydroxylation is 1. The highest BCUT2D eigenvalue weighted by molar-refractivity contribution is 9.11. The van der Waals surface area contributed by atoms with Crippen LogP contribution in [0.25, 0.3) is 0 Å². The third-order valence-electron chi connectivity index (χ3n) is 2.84. The van der Waals surface area contributed by atoms with Gasteiger partial charge in [0.05, 0.1) is 10.4 Å². The molecule has 0 amide bonds. The van der Waals surface area contributed by atoms with Crippen LogP contribution in [0.2, 0.25) is 0 Å². The van der Waals surface area contributed by atoms with Gasteiger partial charge in [-0.3, -0.25) is 0 Å². The number of rotatable bonds is 3. The van der Waals surface area contributed by atoms with Gasteiger partial charge in [0.15, 0.2) is 0 Å². The number of nitrogens with one attached hydrogen (secondary N) is 1. The fraction of sp³-hybridized carbons (Fsp3) is 0.636. The van der Waals surface area contributed by atoms with E-state index in [0.717, 1.165) is 0 Å². The lowest BCUT2D eigenvalue weighted by molar-refractivity contribution is 0.236. The first-order valence-corrected chi connectivity index (χ1v) is 6.96. The van der Waals surface area contributed by atoms with Crippen molar-refractivity contribution in [2.75, 3.05) is 6.61 Å². The molecule has 1 aromatic rings. The Hall–Kier alpha value is 0.100. The zero-order chi connectivity index (χ0) is 10.8. The lowest BCUT2D eigenvalue weighted by atomic mass is 9.93. The molecule has 0 radical (unpaired) electrons. The first-order chi connectivity index (χ1) is 7.20. The lowest BCUT2D eigenvalue weighted by Crippen LogP contribution is -2.34. The van der Waals surface area contributed by atoms with Crippen LogP contribution in [-0.4, -0.2) is 17.8 Å². The van der Waals surface area contributed by atoms with Crippen molar-refractivity contribution in [1.29, 1.82) is 0 Å². The summed E-state index contributed by atoms with van der Waals surface area (Å²) < 4.78 is 1.22. The largest absolute Gasteiger partial charge is 0.395 e. The van der Waals surface area contributed by atoms with E-state index in [1.807, 2.05) is 18.3 Å². The van der Waals surface area contributed by atoms with Crippen LogP contribution in [0.5, 0.6) is 0 Å². The Balaban J connectivity index is 2.14. The number of aliphatic hydroxyl groups is 1. The minimum atomic E-state index is 0.180. The van der Waals surface area contributed by atoms with Gasteiger partial charge in [0.25, 0.3) is 0 Å². The van der Waals surface area contributed by atoms with Crippen LogP contribution in [0.1, 0.15) is 36.2 Å². The molecule has 0 bridgehead atoms. The highest BCUT2D eigenvalue weighted by Crippen LogP contribution is 2.38. The summed E-state index contributed by atoms with van der Waals surface area (Å²) >= 11 is 5.39. The van der Waals surface area contributed by atoms with E-state index in [2.05, 4.69) is 27.3 Å². The number of thiophene rings is 1. The van der Waals surface area contributed by atoms with E-state index >= 15 is 0 Å². The smallest absolute Gasteiger partial charge is 0.0704 e. The first kappa shape index (κ1) is 11.6.